The molecule has 116 valence electrons. The fraction of sp³-hybridized carbons (Fsp3) is 0.625. The molecule has 0 saturated carbocycles. The van der Waals surface area contributed by atoms with Crippen LogP contribution < -0.4 is 10.6 Å². The Morgan fingerprint density at radius 3 is 2.57 bits per heavy atom. The van der Waals surface area contributed by atoms with Crippen LogP contribution in [0.4, 0.5) is 11.8 Å². The molecule has 21 heavy (non-hydrogen) atoms. The van der Waals surface area contributed by atoms with Crippen molar-refractivity contribution in [2.24, 2.45) is 11.3 Å². The summed E-state index contributed by atoms with van der Waals surface area (Å²) in [5.74, 6) is 2.18. The van der Waals surface area contributed by atoms with Crippen molar-refractivity contribution in [3.63, 3.8) is 0 Å². The van der Waals surface area contributed by atoms with Gasteiger partial charge >= 0.3 is 0 Å². The number of rotatable bonds is 5. The number of anilines is 2. The van der Waals surface area contributed by atoms with Crippen molar-refractivity contribution in [3.8, 4) is 0 Å². The van der Waals surface area contributed by atoms with Crippen molar-refractivity contribution in [3.05, 3.63) is 10.9 Å². The molecule has 0 aliphatic heterocycles. The SMILES string of the molecule is CCc1cc2c(NCC(C)C(C)(C)C)nc(NC)nc2s1. The topological polar surface area (TPSA) is 49.8 Å². The van der Waals surface area contributed by atoms with E-state index in [9.17, 15) is 0 Å². The molecule has 2 aromatic rings. The molecule has 0 saturated heterocycles. The van der Waals surface area contributed by atoms with Gasteiger partial charge in [-0.3, -0.25) is 0 Å². The van der Waals surface area contributed by atoms with Crippen LogP contribution in [0.5, 0.6) is 0 Å². The molecular weight excluding hydrogens is 280 g/mol. The summed E-state index contributed by atoms with van der Waals surface area (Å²) in [5, 5.41) is 7.71. The molecule has 0 aliphatic carbocycles. The highest BCUT2D eigenvalue weighted by Gasteiger charge is 2.20. The van der Waals surface area contributed by atoms with E-state index < -0.39 is 0 Å². The molecule has 0 aliphatic rings. The average molecular weight is 306 g/mol. The maximum atomic E-state index is 4.59. The molecule has 2 heterocycles. The zero-order chi connectivity index (χ0) is 15.6. The first kappa shape index (κ1) is 16.0. The molecule has 5 heteroatoms. The van der Waals surface area contributed by atoms with Crippen molar-refractivity contribution >= 4 is 33.3 Å². The van der Waals surface area contributed by atoms with Crippen molar-refractivity contribution in [2.45, 2.75) is 41.0 Å². The van der Waals surface area contributed by atoms with Gasteiger partial charge in [0.05, 0.1) is 5.39 Å². The van der Waals surface area contributed by atoms with Gasteiger partial charge in [0.25, 0.3) is 0 Å². The van der Waals surface area contributed by atoms with Crippen molar-refractivity contribution < 1.29 is 0 Å². The predicted octanol–water partition coefficient (Wildman–Crippen LogP) is 4.39. The molecule has 1 unspecified atom stereocenters. The van der Waals surface area contributed by atoms with Crippen LogP contribution in [0.1, 0.15) is 39.5 Å². The summed E-state index contributed by atoms with van der Waals surface area (Å²) in [6.45, 7) is 12.2. The summed E-state index contributed by atoms with van der Waals surface area (Å²) < 4.78 is 0. The van der Waals surface area contributed by atoms with E-state index in [1.165, 1.54) is 4.88 Å². The van der Waals surface area contributed by atoms with E-state index in [4.69, 9.17) is 0 Å². The first-order valence-electron chi connectivity index (χ1n) is 7.57. The molecule has 0 amide bonds. The molecule has 0 bridgehead atoms. The van der Waals surface area contributed by atoms with Gasteiger partial charge in [0.2, 0.25) is 5.95 Å². The molecular formula is C16H26N4S. The number of hydrogen-bond donors (Lipinski definition) is 2. The smallest absolute Gasteiger partial charge is 0.225 e. The molecule has 0 fully saturated rings. The second-order valence-corrected chi connectivity index (χ2v) is 7.69. The minimum Gasteiger partial charge on any atom is -0.369 e. The fourth-order valence-electron chi connectivity index (χ4n) is 1.95. The van der Waals surface area contributed by atoms with Crippen molar-refractivity contribution in [1.82, 2.24) is 9.97 Å². The molecule has 1 atom stereocenters. The van der Waals surface area contributed by atoms with Gasteiger partial charge in [-0.1, -0.05) is 34.6 Å². The van der Waals surface area contributed by atoms with Crippen LogP contribution in [0.3, 0.4) is 0 Å². The Labute approximate surface area is 131 Å². The first-order valence-corrected chi connectivity index (χ1v) is 8.39. The number of aromatic nitrogens is 2. The van der Waals surface area contributed by atoms with Gasteiger partial charge < -0.3 is 10.6 Å². The summed E-state index contributed by atoms with van der Waals surface area (Å²) >= 11 is 1.75. The standard InChI is InChI=1S/C16H26N4S/c1-7-11-8-12-13(18-9-10(2)16(3,4)5)19-15(17-6)20-14(12)21-11/h8,10H,7,9H2,1-6H3,(H2,17,18,19,20). The predicted molar refractivity (Wildman–Crippen MR) is 93.4 cm³/mol. The van der Waals surface area contributed by atoms with Crippen LogP contribution in [-0.2, 0) is 6.42 Å². The Bertz CT molecular complexity index is 612. The lowest BCUT2D eigenvalue weighted by molar-refractivity contribution is 0.274. The van der Waals surface area contributed by atoms with Gasteiger partial charge in [-0.05, 0) is 23.8 Å². The second-order valence-electron chi connectivity index (χ2n) is 6.58. The van der Waals surface area contributed by atoms with Crippen LogP contribution in [0.15, 0.2) is 6.07 Å². The Morgan fingerprint density at radius 1 is 1.29 bits per heavy atom. The van der Waals surface area contributed by atoms with E-state index in [-0.39, 0.29) is 5.41 Å². The van der Waals surface area contributed by atoms with Crippen LogP contribution >= 0.6 is 11.3 Å². The summed E-state index contributed by atoms with van der Waals surface area (Å²) in [5.41, 5.74) is 0.286. The van der Waals surface area contributed by atoms with Gasteiger partial charge in [0.15, 0.2) is 0 Å². The van der Waals surface area contributed by atoms with E-state index in [0.717, 1.165) is 29.0 Å². The Balaban J connectivity index is 2.31. The monoisotopic (exact) mass is 306 g/mol. The Kier molecular flexibility index (Phi) is 4.71. The molecule has 2 aromatic heterocycles. The number of nitrogens with one attached hydrogen (secondary N) is 2. The minimum atomic E-state index is 0.286. The van der Waals surface area contributed by atoms with Gasteiger partial charge in [0.1, 0.15) is 10.6 Å². The largest absolute Gasteiger partial charge is 0.369 e. The maximum absolute atomic E-state index is 4.59. The van der Waals surface area contributed by atoms with E-state index in [1.54, 1.807) is 11.3 Å². The number of thiophene rings is 1. The normalized spacial score (nSPS) is 13.4. The number of hydrogen-bond acceptors (Lipinski definition) is 5. The lowest BCUT2D eigenvalue weighted by atomic mass is 9.82. The quantitative estimate of drug-likeness (QED) is 0.860. The van der Waals surface area contributed by atoms with Crippen LogP contribution in [0.2, 0.25) is 0 Å². The summed E-state index contributed by atoms with van der Waals surface area (Å²) in [4.78, 5) is 11.5. The molecule has 2 N–H and O–H groups in total. The van der Waals surface area contributed by atoms with Crippen molar-refractivity contribution in [1.29, 1.82) is 0 Å². The lowest BCUT2D eigenvalue weighted by Gasteiger charge is -2.27. The number of nitrogens with zero attached hydrogens (tertiary/aromatic N) is 2. The van der Waals surface area contributed by atoms with Crippen LogP contribution in [0.25, 0.3) is 10.2 Å². The van der Waals surface area contributed by atoms with Crippen molar-refractivity contribution in [2.75, 3.05) is 24.2 Å². The molecule has 0 aromatic carbocycles. The van der Waals surface area contributed by atoms with E-state index in [2.05, 4.69) is 61.3 Å². The Morgan fingerprint density at radius 2 is 2.00 bits per heavy atom. The third kappa shape index (κ3) is 3.64. The average Bonchev–Trinajstić information content (AvgIpc) is 2.86. The molecule has 0 spiro atoms. The maximum Gasteiger partial charge on any atom is 0.225 e. The molecule has 2 rings (SSSR count). The van der Waals surface area contributed by atoms with E-state index in [0.29, 0.717) is 11.9 Å². The Hall–Kier alpha value is -1.36. The highest BCUT2D eigenvalue weighted by atomic mass is 32.1. The number of fused-ring (bicyclic) bond motifs is 1. The second kappa shape index (κ2) is 6.18. The summed E-state index contributed by atoms with van der Waals surface area (Å²) in [6, 6.07) is 2.21. The van der Waals surface area contributed by atoms with Crippen LogP contribution in [-0.4, -0.2) is 23.6 Å². The highest BCUT2D eigenvalue weighted by Crippen LogP contribution is 2.31. The zero-order valence-corrected chi connectivity index (χ0v) is 14.7. The van der Waals surface area contributed by atoms with Gasteiger partial charge in [-0.25, -0.2) is 4.98 Å². The highest BCUT2D eigenvalue weighted by molar-refractivity contribution is 7.18. The third-order valence-electron chi connectivity index (χ3n) is 4.07. The van der Waals surface area contributed by atoms with Gasteiger partial charge in [-0.2, -0.15) is 4.98 Å². The van der Waals surface area contributed by atoms with Crippen LogP contribution in [0, 0.1) is 11.3 Å². The first-order chi connectivity index (χ1) is 9.85. The molecule has 0 radical (unpaired) electrons. The number of aryl methyl sites for hydroxylation is 1. The molecule has 4 nitrogen and oxygen atoms in total. The summed E-state index contributed by atoms with van der Waals surface area (Å²) in [6.07, 6.45) is 1.04. The van der Waals surface area contributed by atoms with E-state index >= 15 is 0 Å². The minimum absolute atomic E-state index is 0.286. The van der Waals surface area contributed by atoms with E-state index in [1.807, 2.05) is 7.05 Å². The zero-order valence-electron chi connectivity index (χ0n) is 13.9. The summed E-state index contributed by atoms with van der Waals surface area (Å²) in [7, 11) is 1.86. The third-order valence-corrected chi connectivity index (χ3v) is 5.24. The fourth-order valence-corrected chi connectivity index (χ4v) is 2.92. The van der Waals surface area contributed by atoms with Gasteiger partial charge in [-0.15, -0.1) is 11.3 Å². The van der Waals surface area contributed by atoms with Gasteiger partial charge in [0, 0.05) is 18.5 Å². The lowest BCUT2D eigenvalue weighted by Crippen LogP contribution is -2.25.